The van der Waals surface area contributed by atoms with Crippen molar-refractivity contribution in [2.24, 2.45) is 0 Å². The summed E-state index contributed by atoms with van der Waals surface area (Å²) in [6.45, 7) is 5.56. The number of hydrogen-bond donors (Lipinski definition) is 1. The van der Waals surface area contributed by atoms with Gasteiger partial charge in [-0.25, -0.2) is 5.48 Å². The first-order valence-electron chi connectivity index (χ1n) is 5.19. The van der Waals surface area contributed by atoms with Crippen molar-refractivity contribution in [3.05, 3.63) is 33.8 Å². The summed E-state index contributed by atoms with van der Waals surface area (Å²) < 4.78 is 0. The minimum absolute atomic E-state index is 0.201. The normalized spacial score (nSPS) is 11.4. The lowest BCUT2D eigenvalue weighted by atomic mass is 10.1. The molecule has 17 heavy (non-hydrogen) atoms. The summed E-state index contributed by atoms with van der Waals surface area (Å²) in [4.78, 5) is 16.7. The number of benzene rings is 1. The van der Waals surface area contributed by atoms with Crippen LogP contribution in [0.5, 0.6) is 0 Å². The molecule has 1 rings (SSSR count). The Morgan fingerprint density at radius 3 is 2.47 bits per heavy atom. The summed E-state index contributed by atoms with van der Waals surface area (Å²) in [6.07, 6.45) is 0.201. The molecule has 5 heteroatoms. The smallest absolute Gasteiger partial charge is 0.247 e. The average molecular weight is 276 g/mol. The van der Waals surface area contributed by atoms with Crippen LogP contribution in [0.25, 0.3) is 0 Å². The zero-order valence-electron chi connectivity index (χ0n) is 10.0. The van der Waals surface area contributed by atoms with E-state index >= 15 is 0 Å². The molecule has 0 radical (unpaired) electrons. The monoisotopic (exact) mass is 275 g/mol. The van der Waals surface area contributed by atoms with Gasteiger partial charge in [0.2, 0.25) is 5.91 Å². The van der Waals surface area contributed by atoms with Crippen molar-refractivity contribution in [1.29, 1.82) is 0 Å². The number of carbonyl (C=O) groups is 1. The first-order chi connectivity index (χ1) is 7.78. The Labute approximate surface area is 111 Å². The van der Waals surface area contributed by atoms with E-state index in [4.69, 9.17) is 28.0 Å². The minimum Gasteiger partial charge on any atom is -0.272 e. The van der Waals surface area contributed by atoms with E-state index in [-0.39, 0.29) is 12.3 Å². The lowest BCUT2D eigenvalue weighted by molar-refractivity contribution is -0.144. The molecule has 0 heterocycles. The highest BCUT2D eigenvalue weighted by atomic mass is 35.5. The molecule has 0 aliphatic heterocycles. The van der Waals surface area contributed by atoms with Crippen LogP contribution in [0.1, 0.15) is 26.3 Å². The largest absolute Gasteiger partial charge is 0.272 e. The quantitative estimate of drug-likeness (QED) is 0.859. The molecule has 1 aromatic carbocycles. The summed E-state index contributed by atoms with van der Waals surface area (Å²) in [5.41, 5.74) is 2.77. The maximum Gasteiger partial charge on any atom is 0.247 e. The van der Waals surface area contributed by atoms with Crippen molar-refractivity contribution in [3.63, 3.8) is 0 Å². The number of nitrogens with one attached hydrogen (secondary N) is 1. The predicted octanol–water partition coefficient (Wildman–Crippen LogP) is 3.38. The fraction of sp³-hybridized carbons (Fsp3) is 0.417. The van der Waals surface area contributed by atoms with E-state index in [9.17, 15) is 4.79 Å². The Hall–Kier alpha value is -0.770. The number of rotatable bonds is 3. The number of halogens is 2. The molecule has 94 valence electrons. The van der Waals surface area contributed by atoms with Crippen LogP contribution < -0.4 is 5.48 Å². The first kappa shape index (κ1) is 14.3. The number of hydrogen-bond acceptors (Lipinski definition) is 2. The standard InChI is InChI=1S/C12H15Cl2NO2/c1-12(2,3)17-15-11(16)7-8-4-5-9(13)10(14)6-8/h4-6H,7H2,1-3H3,(H,15,16). The van der Waals surface area contributed by atoms with Gasteiger partial charge in [0, 0.05) is 0 Å². The summed E-state index contributed by atoms with van der Waals surface area (Å²) in [5.74, 6) is -0.224. The highest BCUT2D eigenvalue weighted by Gasteiger charge is 2.13. The highest BCUT2D eigenvalue weighted by Crippen LogP contribution is 2.22. The Morgan fingerprint density at radius 1 is 1.29 bits per heavy atom. The Balaban J connectivity index is 2.54. The number of hydroxylamine groups is 1. The second kappa shape index (κ2) is 5.71. The van der Waals surface area contributed by atoms with Gasteiger partial charge in [-0.2, -0.15) is 0 Å². The van der Waals surface area contributed by atoms with E-state index in [0.717, 1.165) is 5.56 Å². The van der Waals surface area contributed by atoms with Crippen LogP contribution in [-0.2, 0) is 16.1 Å². The predicted molar refractivity (Wildman–Crippen MR) is 69.1 cm³/mol. The third kappa shape index (κ3) is 5.39. The molecule has 0 bridgehead atoms. The molecule has 1 N–H and O–H groups in total. The van der Waals surface area contributed by atoms with Gasteiger partial charge < -0.3 is 0 Å². The molecule has 0 spiro atoms. The van der Waals surface area contributed by atoms with Crippen molar-refractivity contribution in [2.75, 3.05) is 0 Å². The van der Waals surface area contributed by atoms with Crippen molar-refractivity contribution in [3.8, 4) is 0 Å². The Kier molecular flexibility index (Phi) is 4.80. The molecule has 0 saturated heterocycles. The van der Waals surface area contributed by atoms with Crippen LogP contribution in [0.3, 0.4) is 0 Å². The second-order valence-corrected chi connectivity index (χ2v) is 5.48. The number of carbonyl (C=O) groups excluding carboxylic acids is 1. The molecule has 0 saturated carbocycles. The van der Waals surface area contributed by atoms with E-state index in [1.807, 2.05) is 20.8 Å². The molecule has 0 unspecified atom stereocenters. The van der Waals surface area contributed by atoms with E-state index in [2.05, 4.69) is 5.48 Å². The molecule has 1 amide bonds. The zero-order valence-corrected chi connectivity index (χ0v) is 11.5. The van der Waals surface area contributed by atoms with Crippen LogP contribution in [-0.4, -0.2) is 11.5 Å². The van der Waals surface area contributed by atoms with Crippen molar-refractivity contribution in [2.45, 2.75) is 32.8 Å². The Bertz CT molecular complexity index is 413. The topological polar surface area (TPSA) is 38.3 Å². The van der Waals surface area contributed by atoms with Gasteiger partial charge in [-0.15, -0.1) is 0 Å². The van der Waals surface area contributed by atoms with Crippen molar-refractivity contribution in [1.82, 2.24) is 5.48 Å². The van der Waals surface area contributed by atoms with E-state index in [1.165, 1.54) is 0 Å². The van der Waals surface area contributed by atoms with Crippen molar-refractivity contribution >= 4 is 29.1 Å². The van der Waals surface area contributed by atoms with Gasteiger partial charge in [-0.1, -0.05) is 29.3 Å². The first-order valence-corrected chi connectivity index (χ1v) is 5.94. The van der Waals surface area contributed by atoms with Crippen LogP contribution in [0.15, 0.2) is 18.2 Å². The van der Waals surface area contributed by atoms with Crippen molar-refractivity contribution < 1.29 is 9.63 Å². The van der Waals surface area contributed by atoms with Crippen LogP contribution in [0.2, 0.25) is 10.0 Å². The third-order valence-electron chi connectivity index (χ3n) is 1.82. The lowest BCUT2D eigenvalue weighted by Gasteiger charge is -2.18. The van der Waals surface area contributed by atoms with Crippen LogP contribution in [0, 0.1) is 0 Å². The molecule has 0 aliphatic rings. The molecule has 0 atom stereocenters. The van der Waals surface area contributed by atoms with Gasteiger partial charge in [0.1, 0.15) is 0 Å². The van der Waals surface area contributed by atoms with Crippen LogP contribution in [0.4, 0.5) is 0 Å². The van der Waals surface area contributed by atoms with E-state index in [1.54, 1.807) is 18.2 Å². The van der Waals surface area contributed by atoms with Gasteiger partial charge in [-0.05, 0) is 38.5 Å². The van der Waals surface area contributed by atoms with Gasteiger partial charge >= 0.3 is 0 Å². The SMILES string of the molecule is CC(C)(C)ONC(=O)Cc1ccc(Cl)c(Cl)c1. The van der Waals surface area contributed by atoms with Crippen LogP contribution >= 0.6 is 23.2 Å². The molecular formula is C12H15Cl2NO2. The second-order valence-electron chi connectivity index (χ2n) is 4.66. The zero-order chi connectivity index (χ0) is 13.1. The molecule has 3 nitrogen and oxygen atoms in total. The Morgan fingerprint density at radius 2 is 1.94 bits per heavy atom. The van der Waals surface area contributed by atoms with Gasteiger partial charge in [0.25, 0.3) is 0 Å². The summed E-state index contributed by atoms with van der Waals surface area (Å²) in [7, 11) is 0. The van der Waals surface area contributed by atoms with Gasteiger partial charge in [-0.3, -0.25) is 9.63 Å². The third-order valence-corrected chi connectivity index (χ3v) is 2.56. The van der Waals surface area contributed by atoms with Gasteiger partial charge in [0.15, 0.2) is 0 Å². The maximum absolute atomic E-state index is 11.5. The molecule has 0 aromatic heterocycles. The molecule has 1 aromatic rings. The fourth-order valence-electron chi connectivity index (χ4n) is 1.08. The fourth-order valence-corrected chi connectivity index (χ4v) is 1.40. The minimum atomic E-state index is -0.409. The summed E-state index contributed by atoms with van der Waals surface area (Å²) >= 11 is 11.6. The maximum atomic E-state index is 11.5. The lowest BCUT2D eigenvalue weighted by Crippen LogP contribution is -2.34. The highest BCUT2D eigenvalue weighted by molar-refractivity contribution is 6.42. The van der Waals surface area contributed by atoms with E-state index in [0.29, 0.717) is 10.0 Å². The number of amides is 1. The molecular weight excluding hydrogens is 261 g/mol. The summed E-state index contributed by atoms with van der Waals surface area (Å²) in [5, 5.41) is 0.912. The average Bonchev–Trinajstić information content (AvgIpc) is 2.20. The van der Waals surface area contributed by atoms with E-state index < -0.39 is 5.60 Å². The summed E-state index contributed by atoms with van der Waals surface area (Å²) in [6, 6.07) is 5.09. The molecule has 0 aliphatic carbocycles. The molecule has 0 fully saturated rings. The van der Waals surface area contributed by atoms with Gasteiger partial charge in [0.05, 0.1) is 22.1 Å².